The smallest absolute Gasteiger partial charge is 0.328 e. The van der Waals surface area contributed by atoms with Crippen molar-refractivity contribution in [3.05, 3.63) is 27.9 Å². The molecule has 2 N–H and O–H groups in total. The van der Waals surface area contributed by atoms with E-state index in [0.29, 0.717) is 13.1 Å². The lowest BCUT2D eigenvalue weighted by molar-refractivity contribution is -0.384. The third-order valence-corrected chi connectivity index (χ3v) is 1.89. The van der Waals surface area contributed by atoms with Crippen LogP contribution in [0.15, 0.2) is 12.3 Å². The zero-order chi connectivity index (χ0) is 12.0. The summed E-state index contributed by atoms with van der Waals surface area (Å²) in [6, 6.07) is 3.09. The summed E-state index contributed by atoms with van der Waals surface area (Å²) in [6.45, 7) is 1.15. The van der Waals surface area contributed by atoms with E-state index in [-0.39, 0.29) is 17.1 Å². The number of anilines is 1. The molecule has 0 bridgehead atoms. The summed E-state index contributed by atoms with van der Waals surface area (Å²) >= 11 is 0. The van der Waals surface area contributed by atoms with Gasteiger partial charge in [0.2, 0.25) is 5.82 Å². The maximum absolute atomic E-state index is 10.8. The fraction of sp³-hybridized carbons (Fsp3) is 0.333. The number of nitro groups is 1. The monoisotopic (exact) mass is 221 g/mol. The summed E-state index contributed by atoms with van der Waals surface area (Å²) in [4.78, 5) is 14.0. The van der Waals surface area contributed by atoms with Crippen LogP contribution in [-0.2, 0) is 0 Å². The molecule has 0 radical (unpaired) electrons. The lowest BCUT2D eigenvalue weighted by Crippen LogP contribution is -2.18. The van der Waals surface area contributed by atoms with Crippen LogP contribution in [-0.4, -0.2) is 30.0 Å². The van der Waals surface area contributed by atoms with E-state index in [2.05, 4.69) is 15.6 Å². The molecule has 7 nitrogen and oxygen atoms in total. The van der Waals surface area contributed by atoms with E-state index in [4.69, 9.17) is 5.26 Å². The van der Waals surface area contributed by atoms with Crippen LogP contribution < -0.4 is 10.6 Å². The zero-order valence-electron chi connectivity index (χ0n) is 8.73. The minimum Gasteiger partial charge on any atom is -0.363 e. The lowest BCUT2D eigenvalue weighted by atomic mass is 10.2. The van der Waals surface area contributed by atoms with E-state index in [1.807, 2.05) is 0 Å². The molecule has 1 rings (SSSR count). The number of likely N-dealkylation sites (N-methyl/N-ethyl adjacent to an activating group) is 1. The molecule has 0 spiro atoms. The number of rotatable bonds is 5. The zero-order valence-corrected chi connectivity index (χ0v) is 8.73. The van der Waals surface area contributed by atoms with Crippen molar-refractivity contribution >= 4 is 11.5 Å². The van der Waals surface area contributed by atoms with Gasteiger partial charge in [0, 0.05) is 19.3 Å². The normalized spacial score (nSPS) is 9.50. The molecule has 0 aliphatic rings. The Hall–Kier alpha value is -2.20. The van der Waals surface area contributed by atoms with Gasteiger partial charge in [-0.2, -0.15) is 5.26 Å². The van der Waals surface area contributed by atoms with E-state index in [1.54, 1.807) is 13.1 Å². The fourth-order valence-electron chi connectivity index (χ4n) is 1.16. The minimum absolute atomic E-state index is 0.00644. The van der Waals surface area contributed by atoms with Gasteiger partial charge in [-0.05, 0) is 13.1 Å². The molecule has 0 saturated carbocycles. The predicted octanol–water partition coefficient (Wildman–Crippen LogP) is 0.493. The van der Waals surface area contributed by atoms with E-state index >= 15 is 0 Å². The van der Waals surface area contributed by atoms with Gasteiger partial charge in [-0.25, -0.2) is 4.98 Å². The summed E-state index contributed by atoms with van der Waals surface area (Å²) in [5.74, 6) is 0.124. The Labute approximate surface area is 92.3 Å². The molecule has 0 amide bonds. The van der Waals surface area contributed by atoms with Gasteiger partial charge < -0.3 is 10.6 Å². The topological polar surface area (TPSA) is 104 Å². The lowest BCUT2D eigenvalue weighted by Gasteiger charge is -2.05. The molecule has 0 fully saturated rings. The van der Waals surface area contributed by atoms with Crippen LogP contribution >= 0.6 is 0 Å². The van der Waals surface area contributed by atoms with Crippen molar-refractivity contribution in [1.82, 2.24) is 10.3 Å². The maximum Gasteiger partial charge on any atom is 0.328 e. The second-order valence-corrected chi connectivity index (χ2v) is 2.95. The van der Waals surface area contributed by atoms with Gasteiger partial charge in [0.15, 0.2) is 0 Å². The van der Waals surface area contributed by atoms with Gasteiger partial charge in [0.05, 0.1) is 4.92 Å². The molecular weight excluding hydrogens is 210 g/mol. The number of hydrogen-bond donors (Lipinski definition) is 2. The molecule has 84 valence electrons. The van der Waals surface area contributed by atoms with Gasteiger partial charge in [0.25, 0.3) is 0 Å². The maximum atomic E-state index is 10.8. The van der Waals surface area contributed by atoms with Crippen molar-refractivity contribution in [3.63, 3.8) is 0 Å². The van der Waals surface area contributed by atoms with Crippen LogP contribution in [0.2, 0.25) is 0 Å². The van der Waals surface area contributed by atoms with E-state index in [9.17, 15) is 10.1 Å². The quantitative estimate of drug-likeness (QED) is 0.426. The van der Waals surface area contributed by atoms with Crippen molar-refractivity contribution in [2.24, 2.45) is 0 Å². The second-order valence-electron chi connectivity index (χ2n) is 2.95. The third kappa shape index (κ3) is 2.65. The predicted molar refractivity (Wildman–Crippen MR) is 58.0 cm³/mol. The number of nitriles is 1. The largest absolute Gasteiger partial charge is 0.363 e. The standard InChI is InChI=1S/C9H11N5O2/c1-11-4-5-13-9-8(14(15)16)7(6-10)2-3-12-9/h2-3,11H,4-5H2,1H3,(H,12,13). The second kappa shape index (κ2) is 5.63. The van der Waals surface area contributed by atoms with Gasteiger partial charge >= 0.3 is 5.69 Å². The van der Waals surface area contributed by atoms with Crippen molar-refractivity contribution < 1.29 is 4.92 Å². The first kappa shape index (κ1) is 11.9. The molecule has 0 saturated heterocycles. The number of hydrogen-bond acceptors (Lipinski definition) is 6. The van der Waals surface area contributed by atoms with E-state index < -0.39 is 4.92 Å². The molecule has 0 atom stereocenters. The molecule has 1 heterocycles. The summed E-state index contributed by atoms with van der Waals surface area (Å²) in [6.07, 6.45) is 1.37. The minimum atomic E-state index is -0.604. The molecule has 0 aliphatic carbocycles. The molecule has 16 heavy (non-hydrogen) atoms. The highest BCUT2D eigenvalue weighted by Crippen LogP contribution is 2.25. The van der Waals surface area contributed by atoms with Crippen LogP contribution in [0.4, 0.5) is 11.5 Å². The van der Waals surface area contributed by atoms with Crippen LogP contribution in [0.5, 0.6) is 0 Å². The Balaban J connectivity index is 2.99. The van der Waals surface area contributed by atoms with Crippen molar-refractivity contribution in [1.29, 1.82) is 5.26 Å². The van der Waals surface area contributed by atoms with E-state index in [0.717, 1.165) is 0 Å². The molecule has 1 aromatic rings. The first-order valence-corrected chi connectivity index (χ1v) is 4.62. The van der Waals surface area contributed by atoms with Crippen molar-refractivity contribution in [2.45, 2.75) is 0 Å². The summed E-state index contributed by atoms with van der Waals surface area (Å²) in [7, 11) is 1.77. The highest BCUT2D eigenvalue weighted by atomic mass is 16.6. The van der Waals surface area contributed by atoms with Crippen LogP contribution in [0, 0.1) is 21.4 Å². The Morgan fingerprint density at radius 1 is 1.62 bits per heavy atom. The number of nitrogens with zero attached hydrogens (tertiary/aromatic N) is 3. The molecule has 0 aromatic carbocycles. The molecule has 1 aromatic heterocycles. The van der Waals surface area contributed by atoms with Crippen molar-refractivity contribution in [2.75, 3.05) is 25.5 Å². The van der Waals surface area contributed by atoms with Crippen LogP contribution in [0.3, 0.4) is 0 Å². The Morgan fingerprint density at radius 2 is 2.38 bits per heavy atom. The molecule has 0 unspecified atom stereocenters. The molecule has 0 aliphatic heterocycles. The first-order valence-electron chi connectivity index (χ1n) is 4.62. The Morgan fingerprint density at radius 3 is 2.94 bits per heavy atom. The summed E-state index contributed by atoms with van der Waals surface area (Å²) in [5.41, 5.74) is -0.270. The average molecular weight is 221 g/mol. The summed E-state index contributed by atoms with van der Waals surface area (Å²) < 4.78 is 0. The van der Waals surface area contributed by atoms with Gasteiger partial charge in [-0.1, -0.05) is 0 Å². The first-order chi connectivity index (χ1) is 7.70. The van der Waals surface area contributed by atoms with Gasteiger partial charge in [-0.3, -0.25) is 10.1 Å². The average Bonchev–Trinajstić information content (AvgIpc) is 2.28. The number of nitrogens with one attached hydrogen (secondary N) is 2. The van der Waals surface area contributed by atoms with Gasteiger partial charge in [0.1, 0.15) is 11.6 Å². The number of aromatic nitrogens is 1. The van der Waals surface area contributed by atoms with Crippen LogP contribution in [0.25, 0.3) is 0 Å². The Kier molecular flexibility index (Phi) is 4.17. The highest BCUT2D eigenvalue weighted by molar-refractivity contribution is 5.63. The van der Waals surface area contributed by atoms with Gasteiger partial charge in [-0.15, -0.1) is 0 Å². The fourth-order valence-corrected chi connectivity index (χ4v) is 1.16. The highest BCUT2D eigenvalue weighted by Gasteiger charge is 2.20. The van der Waals surface area contributed by atoms with E-state index in [1.165, 1.54) is 12.3 Å². The third-order valence-electron chi connectivity index (χ3n) is 1.89. The molecular formula is C9H11N5O2. The van der Waals surface area contributed by atoms with Crippen molar-refractivity contribution in [3.8, 4) is 6.07 Å². The number of pyridine rings is 1. The van der Waals surface area contributed by atoms with Crippen LogP contribution in [0.1, 0.15) is 5.56 Å². The SMILES string of the molecule is CNCCNc1nccc(C#N)c1[N+](=O)[O-]. The molecule has 7 heteroatoms. The summed E-state index contributed by atoms with van der Waals surface area (Å²) in [5, 5.41) is 25.2. The Bertz CT molecular complexity index is 426.